The smallest absolute Gasteiger partial charge is 0.289 e. The van der Waals surface area contributed by atoms with Gasteiger partial charge in [-0.2, -0.15) is 5.26 Å². The molecule has 5 rings (SSSR count). The standard InChI is InChI=1S/C27H23F2N5O4/c1-27(13-35)12-33-26(37-14-27)34-16-8-20(28)24(21(29)9-16)38-22-5-6-31-25-23(22)19(11-32-25)18-4-3-17(36-2)7-15(18)10-30/h3-9,11,35H,12-14H2,1-2H3,(H,31,32)(H,33,34). The number of halogens is 2. The Morgan fingerprint density at radius 2 is 2.00 bits per heavy atom. The predicted molar refractivity (Wildman–Crippen MR) is 136 cm³/mol. The highest BCUT2D eigenvalue weighted by molar-refractivity contribution is 5.99. The van der Waals surface area contributed by atoms with Crippen molar-refractivity contribution in [1.82, 2.24) is 9.97 Å². The summed E-state index contributed by atoms with van der Waals surface area (Å²) < 4.78 is 46.6. The van der Waals surface area contributed by atoms with E-state index in [0.717, 1.165) is 12.1 Å². The van der Waals surface area contributed by atoms with Crippen LogP contribution in [0.2, 0.25) is 0 Å². The molecule has 0 radical (unpaired) electrons. The third-order valence-electron chi connectivity index (χ3n) is 6.18. The molecule has 9 nitrogen and oxygen atoms in total. The fourth-order valence-electron chi connectivity index (χ4n) is 4.03. The number of nitrogens with one attached hydrogen (secondary N) is 2. The van der Waals surface area contributed by atoms with E-state index in [9.17, 15) is 10.4 Å². The van der Waals surface area contributed by atoms with Gasteiger partial charge in [-0.05, 0) is 24.3 Å². The third-order valence-corrected chi connectivity index (χ3v) is 6.18. The highest BCUT2D eigenvalue weighted by Crippen LogP contribution is 2.40. The quantitative estimate of drug-likeness (QED) is 0.328. The van der Waals surface area contributed by atoms with Gasteiger partial charge < -0.3 is 29.6 Å². The van der Waals surface area contributed by atoms with Crippen molar-refractivity contribution in [3.63, 3.8) is 0 Å². The molecule has 3 heterocycles. The van der Waals surface area contributed by atoms with Crippen molar-refractivity contribution in [1.29, 1.82) is 5.26 Å². The van der Waals surface area contributed by atoms with Gasteiger partial charge in [0.15, 0.2) is 17.4 Å². The zero-order chi connectivity index (χ0) is 26.9. The summed E-state index contributed by atoms with van der Waals surface area (Å²) in [5.74, 6) is -1.84. The Morgan fingerprint density at radius 3 is 2.66 bits per heavy atom. The molecule has 0 saturated heterocycles. The van der Waals surface area contributed by atoms with Crippen LogP contribution in [0.15, 0.2) is 53.8 Å². The number of methoxy groups -OCH3 is 1. The Bertz CT molecular complexity index is 1570. The number of amidine groups is 1. The highest BCUT2D eigenvalue weighted by atomic mass is 19.1. The summed E-state index contributed by atoms with van der Waals surface area (Å²) in [6.45, 7) is 2.23. The van der Waals surface area contributed by atoms with E-state index in [1.165, 1.54) is 19.4 Å². The van der Waals surface area contributed by atoms with Gasteiger partial charge in [-0.25, -0.2) is 18.8 Å². The number of rotatable bonds is 6. The van der Waals surface area contributed by atoms with E-state index in [-0.39, 0.29) is 30.7 Å². The second kappa shape index (κ2) is 9.99. The number of pyridine rings is 1. The normalized spacial score (nSPS) is 16.9. The SMILES string of the molecule is COc1ccc(-c2c[nH]c3nccc(Oc4c(F)cc(NC5=NCC(C)(CO)CO5)cc4F)c23)c(C#N)c1. The Labute approximate surface area is 216 Å². The lowest BCUT2D eigenvalue weighted by molar-refractivity contribution is 0.0706. The van der Waals surface area contributed by atoms with Crippen molar-refractivity contribution in [2.75, 3.05) is 32.2 Å². The lowest BCUT2D eigenvalue weighted by Gasteiger charge is -2.30. The number of hydrogen-bond acceptors (Lipinski definition) is 8. The van der Waals surface area contributed by atoms with Crippen molar-refractivity contribution in [3.05, 3.63) is 66.0 Å². The van der Waals surface area contributed by atoms with Gasteiger partial charge in [0.2, 0.25) is 0 Å². The monoisotopic (exact) mass is 519 g/mol. The molecule has 0 saturated carbocycles. The van der Waals surface area contributed by atoms with Crippen LogP contribution in [-0.4, -0.2) is 48.0 Å². The van der Waals surface area contributed by atoms with Crippen LogP contribution < -0.4 is 14.8 Å². The fourth-order valence-corrected chi connectivity index (χ4v) is 4.03. The van der Waals surface area contributed by atoms with Crippen LogP contribution in [-0.2, 0) is 4.74 Å². The van der Waals surface area contributed by atoms with Crippen LogP contribution in [0, 0.1) is 28.4 Å². The number of hydrogen-bond donors (Lipinski definition) is 3. The molecular formula is C27H23F2N5O4. The second-order valence-corrected chi connectivity index (χ2v) is 9.13. The van der Waals surface area contributed by atoms with Crippen LogP contribution in [0.5, 0.6) is 17.2 Å². The molecular weight excluding hydrogens is 496 g/mol. The van der Waals surface area contributed by atoms with Crippen LogP contribution in [0.25, 0.3) is 22.2 Å². The molecule has 1 atom stereocenters. The average molecular weight is 520 g/mol. The average Bonchev–Trinajstić information content (AvgIpc) is 3.36. The molecule has 38 heavy (non-hydrogen) atoms. The van der Waals surface area contributed by atoms with Gasteiger partial charge in [0.25, 0.3) is 6.02 Å². The van der Waals surface area contributed by atoms with Gasteiger partial charge in [0.05, 0.1) is 37.3 Å². The number of aliphatic imine (C=N–C) groups is 1. The minimum absolute atomic E-state index is 0.0813. The number of aliphatic hydroxyl groups is 1. The molecule has 4 aromatic rings. The molecule has 2 aromatic heterocycles. The number of anilines is 1. The largest absolute Gasteiger partial charge is 0.497 e. The zero-order valence-electron chi connectivity index (χ0n) is 20.5. The number of fused-ring (bicyclic) bond motifs is 1. The first-order valence-corrected chi connectivity index (χ1v) is 11.6. The lowest BCUT2D eigenvalue weighted by atomic mass is 9.93. The van der Waals surface area contributed by atoms with E-state index in [2.05, 4.69) is 26.3 Å². The van der Waals surface area contributed by atoms with Gasteiger partial charge in [-0.1, -0.05) is 6.92 Å². The molecule has 0 spiro atoms. The minimum atomic E-state index is -0.951. The number of nitrogens with zero attached hydrogens (tertiary/aromatic N) is 3. The number of benzene rings is 2. The van der Waals surface area contributed by atoms with Gasteiger partial charge in [-0.15, -0.1) is 0 Å². The van der Waals surface area contributed by atoms with E-state index in [0.29, 0.717) is 40.0 Å². The van der Waals surface area contributed by atoms with E-state index < -0.39 is 22.8 Å². The first kappa shape index (κ1) is 25.0. The summed E-state index contributed by atoms with van der Waals surface area (Å²) in [7, 11) is 1.50. The molecule has 0 aliphatic carbocycles. The van der Waals surface area contributed by atoms with E-state index in [1.807, 2.05) is 6.92 Å². The van der Waals surface area contributed by atoms with Crippen LogP contribution in [0.1, 0.15) is 12.5 Å². The van der Waals surface area contributed by atoms with E-state index in [4.69, 9.17) is 14.2 Å². The van der Waals surface area contributed by atoms with Gasteiger partial charge in [0.1, 0.15) is 23.8 Å². The molecule has 2 aromatic carbocycles. The third kappa shape index (κ3) is 4.69. The van der Waals surface area contributed by atoms with Crippen molar-refractivity contribution in [2.24, 2.45) is 10.4 Å². The molecule has 1 aliphatic rings. The maximum Gasteiger partial charge on any atom is 0.289 e. The number of aromatic nitrogens is 2. The Kier molecular flexibility index (Phi) is 6.57. The number of aromatic amines is 1. The molecule has 0 fully saturated rings. The molecule has 194 valence electrons. The Hall–Kier alpha value is -4.69. The summed E-state index contributed by atoms with van der Waals surface area (Å²) in [5.41, 5.74) is 1.48. The number of H-pyrrole nitrogens is 1. The highest BCUT2D eigenvalue weighted by Gasteiger charge is 2.29. The van der Waals surface area contributed by atoms with Crippen LogP contribution in [0.4, 0.5) is 14.5 Å². The molecule has 11 heteroatoms. The Balaban J connectivity index is 1.47. The molecule has 1 unspecified atom stereocenters. The van der Waals surface area contributed by atoms with Crippen molar-refractivity contribution in [3.8, 4) is 34.4 Å². The minimum Gasteiger partial charge on any atom is -0.497 e. The first-order valence-electron chi connectivity index (χ1n) is 11.6. The summed E-state index contributed by atoms with van der Waals surface area (Å²) in [6.07, 6.45) is 3.10. The number of aliphatic hydroxyl groups excluding tert-OH is 1. The Morgan fingerprint density at radius 1 is 1.21 bits per heavy atom. The maximum absolute atomic E-state index is 15.1. The van der Waals surface area contributed by atoms with Crippen LogP contribution in [0.3, 0.4) is 0 Å². The van der Waals surface area contributed by atoms with E-state index >= 15 is 8.78 Å². The second-order valence-electron chi connectivity index (χ2n) is 9.13. The van der Waals surface area contributed by atoms with Crippen molar-refractivity contribution < 1.29 is 28.1 Å². The molecule has 1 aliphatic heterocycles. The summed E-state index contributed by atoms with van der Waals surface area (Å²) in [4.78, 5) is 11.5. The fraction of sp³-hybridized carbons (Fsp3) is 0.222. The lowest BCUT2D eigenvalue weighted by Crippen LogP contribution is -2.38. The van der Waals surface area contributed by atoms with E-state index in [1.54, 1.807) is 24.4 Å². The van der Waals surface area contributed by atoms with Crippen LogP contribution >= 0.6 is 0 Å². The van der Waals surface area contributed by atoms with Crippen molar-refractivity contribution in [2.45, 2.75) is 6.92 Å². The molecule has 0 amide bonds. The summed E-state index contributed by atoms with van der Waals surface area (Å²) >= 11 is 0. The van der Waals surface area contributed by atoms with Gasteiger partial charge >= 0.3 is 0 Å². The van der Waals surface area contributed by atoms with Gasteiger partial charge in [-0.3, -0.25) is 0 Å². The first-order chi connectivity index (χ1) is 18.3. The number of ether oxygens (including phenoxy) is 3. The zero-order valence-corrected chi connectivity index (χ0v) is 20.5. The van der Waals surface area contributed by atoms with Crippen molar-refractivity contribution >= 4 is 22.7 Å². The number of nitriles is 1. The summed E-state index contributed by atoms with van der Waals surface area (Å²) in [6, 6.07) is 10.9. The van der Waals surface area contributed by atoms with Gasteiger partial charge in [0, 0.05) is 46.8 Å². The predicted octanol–water partition coefficient (Wildman–Crippen LogP) is 4.98. The topological polar surface area (TPSA) is 125 Å². The summed E-state index contributed by atoms with van der Waals surface area (Å²) in [5, 5.41) is 22.3. The molecule has 3 N–H and O–H groups in total. The maximum atomic E-state index is 15.1. The molecule has 0 bridgehead atoms.